The second-order valence-electron chi connectivity index (χ2n) is 3.86. The van der Waals surface area contributed by atoms with E-state index in [2.05, 4.69) is 0 Å². The van der Waals surface area contributed by atoms with Crippen molar-refractivity contribution in [2.75, 3.05) is 6.61 Å². The second-order valence-corrected chi connectivity index (χ2v) is 3.86. The highest BCUT2D eigenvalue weighted by molar-refractivity contribution is 5.90. The van der Waals surface area contributed by atoms with Crippen LogP contribution in [-0.4, -0.2) is 18.5 Å². The summed E-state index contributed by atoms with van der Waals surface area (Å²) in [6.45, 7) is 4.77. The van der Waals surface area contributed by atoms with Crippen LogP contribution in [0.3, 0.4) is 0 Å². The molecule has 1 rings (SSSR count). The Hall–Kier alpha value is -0.630. The summed E-state index contributed by atoms with van der Waals surface area (Å²) in [7, 11) is 0. The van der Waals surface area contributed by atoms with Gasteiger partial charge in [-0.05, 0) is 39.2 Å². The maximum Gasteiger partial charge on any atom is 0.155 e. The van der Waals surface area contributed by atoms with Gasteiger partial charge < -0.3 is 4.74 Å². The summed E-state index contributed by atoms with van der Waals surface area (Å²) in [5, 5.41) is 0. The van der Waals surface area contributed by atoms with Gasteiger partial charge in [-0.1, -0.05) is 5.57 Å². The zero-order valence-electron chi connectivity index (χ0n) is 8.51. The van der Waals surface area contributed by atoms with Gasteiger partial charge in [0.05, 0.1) is 6.10 Å². The van der Waals surface area contributed by atoms with Gasteiger partial charge in [-0.15, -0.1) is 0 Å². The third kappa shape index (κ3) is 4.23. The topological polar surface area (TPSA) is 26.3 Å². The van der Waals surface area contributed by atoms with Gasteiger partial charge in [0.1, 0.15) is 0 Å². The number of ketones is 1. The van der Waals surface area contributed by atoms with E-state index in [1.165, 1.54) is 0 Å². The highest BCUT2D eigenvalue weighted by atomic mass is 16.5. The summed E-state index contributed by atoms with van der Waals surface area (Å²) in [5.41, 5.74) is 1.08. The van der Waals surface area contributed by atoms with Crippen molar-refractivity contribution in [3.63, 3.8) is 0 Å². The van der Waals surface area contributed by atoms with Gasteiger partial charge in [-0.3, -0.25) is 4.79 Å². The molecule has 74 valence electrons. The molecule has 1 unspecified atom stereocenters. The first kappa shape index (κ1) is 10.5. The monoisotopic (exact) mass is 182 g/mol. The quantitative estimate of drug-likeness (QED) is 0.624. The first-order chi connectivity index (χ1) is 6.18. The van der Waals surface area contributed by atoms with E-state index in [-0.39, 0.29) is 5.78 Å². The molecule has 0 bridgehead atoms. The lowest BCUT2D eigenvalue weighted by atomic mass is 10.1. The zero-order chi connectivity index (χ0) is 9.68. The molecule has 2 heteroatoms. The van der Waals surface area contributed by atoms with Crippen LogP contribution >= 0.6 is 0 Å². The number of carbonyl (C=O) groups is 1. The molecule has 1 fully saturated rings. The lowest BCUT2D eigenvalue weighted by Crippen LogP contribution is -2.07. The average molecular weight is 182 g/mol. The molecule has 0 amide bonds. The van der Waals surface area contributed by atoms with Gasteiger partial charge in [0, 0.05) is 13.0 Å². The lowest BCUT2D eigenvalue weighted by molar-refractivity contribution is -0.115. The van der Waals surface area contributed by atoms with Crippen molar-refractivity contribution in [1.29, 1.82) is 0 Å². The molecular formula is C11H18O2. The van der Waals surface area contributed by atoms with Crippen LogP contribution < -0.4 is 0 Å². The SMILES string of the molecule is CC(C)=CC(=O)CCC1CCCO1. The van der Waals surface area contributed by atoms with E-state index < -0.39 is 0 Å². The molecule has 0 spiro atoms. The highest BCUT2D eigenvalue weighted by Crippen LogP contribution is 2.17. The highest BCUT2D eigenvalue weighted by Gasteiger charge is 2.15. The molecule has 1 saturated heterocycles. The minimum atomic E-state index is 0.232. The van der Waals surface area contributed by atoms with Crippen molar-refractivity contribution in [3.05, 3.63) is 11.6 Å². The predicted octanol–water partition coefficient (Wildman–Crippen LogP) is 2.48. The Labute approximate surface area is 80.0 Å². The third-order valence-electron chi connectivity index (χ3n) is 2.19. The van der Waals surface area contributed by atoms with Crippen LogP contribution in [0.25, 0.3) is 0 Å². The Balaban J connectivity index is 2.18. The summed E-state index contributed by atoms with van der Waals surface area (Å²) in [6, 6.07) is 0. The number of allylic oxidation sites excluding steroid dienone is 2. The van der Waals surface area contributed by atoms with Crippen LogP contribution in [-0.2, 0) is 9.53 Å². The van der Waals surface area contributed by atoms with Crippen molar-refractivity contribution in [2.45, 2.75) is 45.6 Å². The largest absolute Gasteiger partial charge is 0.378 e. The maximum atomic E-state index is 11.3. The van der Waals surface area contributed by atoms with E-state index in [9.17, 15) is 4.79 Å². The molecule has 1 heterocycles. The van der Waals surface area contributed by atoms with Gasteiger partial charge in [0.15, 0.2) is 5.78 Å². The van der Waals surface area contributed by atoms with Crippen molar-refractivity contribution >= 4 is 5.78 Å². The Morgan fingerprint density at radius 3 is 2.85 bits per heavy atom. The zero-order valence-corrected chi connectivity index (χ0v) is 8.51. The minimum absolute atomic E-state index is 0.232. The Bertz CT molecular complexity index is 196. The summed E-state index contributed by atoms with van der Waals surface area (Å²) < 4.78 is 5.44. The van der Waals surface area contributed by atoms with Gasteiger partial charge >= 0.3 is 0 Å². The molecule has 1 atom stereocenters. The van der Waals surface area contributed by atoms with Crippen molar-refractivity contribution in [3.8, 4) is 0 Å². The fourth-order valence-corrected chi connectivity index (χ4v) is 1.57. The summed E-state index contributed by atoms with van der Waals surface area (Å²) in [6.07, 6.45) is 5.87. The van der Waals surface area contributed by atoms with Gasteiger partial charge in [0.2, 0.25) is 0 Å². The molecule has 1 aliphatic rings. The van der Waals surface area contributed by atoms with Crippen LogP contribution in [0.15, 0.2) is 11.6 Å². The van der Waals surface area contributed by atoms with Gasteiger partial charge in [-0.2, -0.15) is 0 Å². The number of rotatable bonds is 4. The van der Waals surface area contributed by atoms with Crippen LogP contribution in [0.2, 0.25) is 0 Å². The van der Waals surface area contributed by atoms with Crippen LogP contribution in [0, 0.1) is 0 Å². The number of ether oxygens (including phenoxy) is 1. The molecule has 13 heavy (non-hydrogen) atoms. The maximum absolute atomic E-state index is 11.3. The van der Waals surface area contributed by atoms with E-state index in [1.54, 1.807) is 6.08 Å². The number of hydrogen-bond donors (Lipinski definition) is 0. The molecule has 0 aliphatic carbocycles. The second kappa shape index (κ2) is 5.18. The molecule has 0 aromatic carbocycles. The number of hydrogen-bond acceptors (Lipinski definition) is 2. The van der Waals surface area contributed by atoms with E-state index >= 15 is 0 Å². The molecule has 0 saturated carbocycles. The van der Waals surface area contributed by atoms with Crippen LogP contribution in [0.1, 0.15) is 39.5 Å². The molecule has 1 aliphatic heterocycles. The average Bonchev–Trinajstić information content (AvgIpc) is 2.51. The van der Waals surface area contributed by atoms with Crippen LogP contribution in [0.4, 0.5) is 0 Å². The smallest absolute Gasteiger partial charge is 0.155 e. The first-order valence-corrected chi connectivity index (χ1v) is 4.98. The first-order valence-electron chi connectivity index (χ1n) is 4.98. The van der Waals surface area contributed by atoms with E-state index in [4.69, 9.17) is 4.74 Å². The van der Waals surface area contributed by atoms with Crippen molar-refractivity contribution < 1.29 is 9.53 Å². The fraction of sp³-hybridized carbons (Fsp3) is 0.727. The number of carbonyl (C=O) groups excluding carboxylic acids is 1. The van der Waals surface area contributed by atoms with Crippen molar-refractivity contribution in [1.82, 2.24) is 0 Å². The Morgan fingerprint density at radius 2 is 2.31 bits per heavy atom. The fourth-order valence-electron chi connectivity index (χ4n) is 1.57. The molecular weight excluding hydrogens is 164 g/mol. The van der Waals surface area contributed by atoms with E-state index in [0.29, 0.717) is 12.5 Å². The Morgan fingerprint density at radius 1 is 1.54 bits per heavy atom. The minimum Gasteiger partial charge on any atom is -0.378 e. The standard InChI is InChI=1S/C11H18O2/c1-9(2)8-10(12)5-6-11-4-3-7-13-11/h8,11H,3-7H2,1-2H3. The molecule has 0 radical (unpaired) electrons. The molecule has 0 aromatic rings. The molecule has 2 nitrogen and oxygen atoms in total. The van der Waals surface area contributed by atoms with Gasteiger partial charge in [-0.25, -0.2) is 0 Å². The predicted molar refractivity (Wildman–Crippen MR) is 52.6 cm³/mol. The summed E-state index contributed by atoms with van der Waals surface area (Å²) in [5.74, 6) is 0.232. The normalized spacial score (nSPS) is 21.5. The van der Waals surface area contributed by atoms with Crippen LogP contribution in [0.5, 0.6) is 0 Å². The third-order valence-corrected chi connectivity index (χ3v) is 2.19. The summed E-state index contributed by atoms with van der Waals surface area (Å²) in [4.78, 5) is 11.3. The Kier molecular flexibility index (Phi) is 4.16. The van der Waals surface area contributed by atoms with Crippen molar-refractivity contribution in [2.24, 2.45) is 0 Å². The molecule has 0 aromatic heterocycles. The lowest BCUT2D eigenvalue weighted by Gasteiger charge is -2.06. The summed E-state index contributed by atoms with van der Waals surface area (Å²) >= 11 is 0. The van der Waals surface area contributed by atoms with E-state index in [1.807, 2.05) is 13.8 Å². The van der Waals surface area contributed by atoms with E-state index in [0.717, 1.165) is 31.4 Å². The molecule has 0 N–H and O–H groups in total. The van der Waals surface area contributed by atoms with Gasteiger partial charge in [0.25, 0.3) is 0 Å².